The van der Waals surface area contributed by atoms with E-state index in [1.54, 1.807) is 20.3 Å². The molecule has 4 heteroatoms. The van der Waals surface area contributed by atoms with Gasteiger partial charge in [0.2, 0.25) is 0 Å². The first-order valence-corrected chi connectivity index (χ1v) is 6.59. The van der Waals surface area contributed by atoms with Crippen LogP contribution in [-0.4, -0.2) is 14.2 Å². The van der Waals surface area contributed by atoms with Crippen LogP contribution in [0.25, 0.3) is 0 Å². The lowest BCUT2D eigenvalue weighted by Gasteiger charge is -2.17. The van der Waals surface area contributed by atoms with Crippen LogP contribution in [0, 0.1) is 0 Å². The minimum Gasteiger partial charge on any atom is -0.496 e. The first-order chi connectivity index (χ1) is 9.17. The first kappa shape index (κ1) is 14.0. The summed E-state index contributed by atoms with van der Waals surface area (Å²) in [4.78, 5) is 0. The van der Waals surface area contributed by atoms with Crippen LogP contribution in [0.2, 0.25) is 5.02 Å². The molecule has 0 aromatic heterocycles. The molecular formula is C15H14Cl2O2. The van der Waals surface area contributed by atoms with Crippen molar-refractivity contribution >= 4 is 23.2 Å². The topological polar surface area (TPSA) is 18.5 Å². The molecular weight excluding hydrogens is 283 g/mol. The van der Waals surface area contributed by atoms with E-state index in [1.165, 1.54) is 0 Å². The van der Waals surface area contributed by atoms with Gasteiger partial charge in [-0.1, -0.05) is 29.8 Å². The lowest BCUT2D eigenvalue weighted by Crippen LogP contribution is -2.00. The van der Waals surface area contributed by atoms with Crippen molar-refractivity contribution in [3.05, 3.63) is 58.6 Å². The molecule has 0 bridgehead atoms. The second-order valence-corrected chi connectivity index (χ2v) is 4.86. The van der Waals surface area contributed by atoms with Gasteiger partial charge >= 0.3 is 0 Å². The summed E-state index contributed by atoms with van der Waals surface area (Å²) in [6.07, 6.45) is 0. The zero-order valence-electron chi connectivity index (χ0n) is 10.7. The highest BCUT2D eigenvalue weighted by molar-refractivity contribution is 6.31. The van der Waals surface area contributed by atoms with E-state index >= 15 is 0 Å². The molecule has 1 unspecified atom stereocenters. The molecule has 19 heavy (non-hydrogen) atoms. The minimum absolute atomic E-state index is 0.384. The highest BCUT2D eigenvalue weighted by Crippen LogP contribution is 2.40. The molecule has 0 fully saturated rings. The van der Waals surface area contributed by atoms with E-state index < -0.39 is 0 Å². The van der Waals surface area contributed by atoms with Gasteiger partial charge in [-0.05, 0) is 24.3 Å². The summed E-state index contributed by atoms with van der Waals surface area (Å²) in [6.45, 7) is 0. The Morgan fingerprint density at radius 2 is 1.53 bits per heavy atom. The molecule has 0 spiro atoms. The highest BCUT2D eigenvalue weighted by Gasteiger charge is 2.19. The maximum absolute atomic E-state index is 6.55. The van der Waals surface area contributed by atoms with Crippen molar-refractivity contribution in [1.29, 1.82) is 0 Å². The summed E-state index contributed by atoms with van der Waals surface area (Å²) in [5.41, 5.74) is 1.70. The zero-order chi connectivity index (χ0) is 13.8. The standard InChI is InChI=1S/C15H14Cl2O2/c1-18-13-6-4-3-5-11(13)15(17)12-9-10(16)7-8-14(12)19-2/h3-9,15H,1-2H3. The summed E-state index contributed by atoms with van der Waals surface area (Å²) < 4.78 is 10.7. The molecule has 0 heterocycles. The first-order valence-electron chi connectivity index (χ1n) is 5.77. The third-order valence-corrected chi connectivity index (χ3v) is 3.58. The Labute approximate surface area is 122 Å². The molecule has 0 saturated heterocycles. The monoisotopic (exact) mass is 296 g/mol. The van der Waals surface area contributed by atoms with Gasteiger partial charge in [-0.3, -0.25) is 0 Å². The number of halogens is 2. The molecule has 0 amide bonds. The van der Waals surface area contributed by atoms with E-state index in [0.29, 0.717) is 10.8 Å². The summed E-state index contributed by atoms with van der Waals surface area (Å²) in [5.74, 6) is 1.44. The number of para-hydroxylation sites is 1. The van der Waals surface area contributed by atoms with Crippen molar-refractivity contribution in [3.8, 4) is 11.5 Å². The quantitative estimate of drug-likeness (QED) is 0.762. The Morgan fingerprint density at radius 3 is 2.21 bits per heavy atom. The second kappa shape index (κ2) is 6.18. The number of ether oxygens (including phenoxy) is 2. The lowest BCUT2D eigenvalue weighted by atomic mass is 10.0. The van der Waals surface area contributed by atoms with Gasteiger partial charge in [0.05, 0.1) is 19.6 Å². The lowest BCUT2D eigenvalue weighted by molar-refractivity contribution is 0.404. The SMILES string of the molecule is COc1ccccc1C(Cl)c1cc(Cl)ccc1OC. The largest absolute Gasteiger partial charge is 0.496 e. The number of hydrogen-bond acceptors (Lipinski definition) is 2. The average molecular weight is 297 g/mol. The molecule has 0 aliphatic rings. The van der Waals surface area contributed by atoms with Crippen molar-refractivity contribution in [2.45, 2.75) is 5.38 Å². The number of rotatable bonds is 4. The number of benzene rings is 2. The Morgan fingerprint density at radius 1 is 0.895 bits per heavy atom. The van der Waals surface area contributed by atoms with Gasteiger partial charge in [-0.15, -0.1) is 11.6 Å². The molecule has 1 atom stereocenters. The highest BCUT2D eigenvalue weighted by atomic mass is 35.5. The Bertz CT molecular complexity index is 570. The van der Waals surface area contributed by atoms with Crippen LogP contribution in [-0.2, 0) is 0 Å². The van der Waals surface area contributed by atoms with E-state index in [1.807, 2.05) is 36.4 Å². The molecule has 0 N–H and O–H groups in total. The average Bonchev–Trinajstić information content (AvgIpc) is 2.46. The molecule has 100 valence electrons. The van der Waals surface area contributed by atoms with Gasteiger partial charge in [0.1, 0.15) is 11.5 Å². The minimum atomic E-state index is -0.384. The fourth-order valence-corrected chi connectivity index (χ4v) is 2.48. The van der Waals surface area contributed by atoms with Crippen LogP contribution in [0.5, 0.6) is 11.5 Å². The molecule has 0 radical (unpaired) electrons. The van der Waals surface area contributed by atoms with Crippen molar-refractivity contribution in [1.82, 2.24) is 0 Å². The Hall–Kier alpha value is -1.38. The van der Waals surface area contributed by atoms with E-state index in [-0.39, 0.29) is 5.38 Å². The van der Waals surface area contributed by atoms with Crippen LogP contribution >= 0.6 is 23.2 Å². The van der Waals surface area contributed by atoms with Crippen molar-refractivity contribution in [3.63, 3.8) is 0 Å². The van der Waals surface area contributed by atoms with Gasteiger partial charge in [0, 0.05) is 16.1 Å². The normalized spacial score (nSPS) is 12.0. The predicted octanol–water partition coefficient (Wildman–Crippen LogP) is 4.69. The van der Waals surface area contributed by atoms with Crippen LogP contribution in [0.3, 0.4) is 0 Å². The summed E-state index contributed by atoms with van der Waals surface area (Å²) in [5, 5.41) is 0.237. The molecule has 2 rings (SSSR count). The number of hydrogen-bond donors (Lipinski definition) is 0. The van der Waals surface area contributed by atoms with E-state index in [0.717, 1.165) is 16.9 Å². The molecule has 0 saturated carbocycles. The van der Waals surface area contributed by atoms with Gasteiger partial charge in [-0.25, -0.2) is 0 Å². The fraction of sp³-hybridized carbons (Fsp3) is 0.200. The van der Waals surface area contributed by atoms with Crippen LogP contribution in [0.1, 0.15) is 16.5 Å². The fourth-order valence-electron chi connectivity index (χ4n) is 1.95. The molecule has 2 aromatic carbocycles. The van der Waals surface area contributed by atoms with Crippen LogP contribution in [0.4, 0.5) is 0 Å². The summed E-state index contributed by atoms with van der Waals surface area (Å²) in [6, 6.07) is 13.0. The van der Waals surface area contributed by atoms with E-state index in [2.05, 4.69) is 0 Å². The van der Waals surface area contributed by atoms with Crippen molar-refractivity contribution in [2.24, 2.45) is 0 Å². The van der Waals surface area contributed by atoms with Gasteiger partial charge in [-0.2, -0.15) is 0 Å². The number of methoxy groups -OCH3 is 2. The van der Waals surface area contributed by atoms with Crippen LogP contribution < -0.4 is 9.47 Å². The smallest absolute Gasteiger partial charge is 0.124 e. The Kier molecular flexibility index (Phi) is 4.56. The third kappa shape index (κ3) is 2.96. The van der Waals surface area contributed by atoms with Crippen molar-refractivity contribution in [2.75, 3.05) is 14.2 Å². The molecule has 2 nitrogen and oxygen atoms in total. The van der Waals surface area contributed by atoms with Crippen LogP contribution in [0.15, 0.2) is 42.5 Å². The maximum Gasteiger partial charge on any atom is 0.124 e. The number of alkyl halides is 1. The molecule has 0 aliphatic heterocycles. The predicted molar refractivity (Wildman–Crippen MR) is 78.7 cm³/mol. The zero-order valence-corrected chi connectivity index (χ0v) is 12.2. The molecule has 2 aromatic rings. The second-order valence-electron chi connectivity index (χ2n) is 3.99. The maximum atomic E-state index is 6.55. The van der Waals surface area contributed by atoms with Gasteiger partial charge < -0.3 is 9.47 Å². The van der Waals surface area contributed by atoms with Crippen molar-refractivity contribution < 1.29 is 9.47 Å². The van der Waals surface area contributed by atoms with Gasteiger partial charge in [0.15, 0.2) is 0 Å². The molecule has 0 aliphatic carbocycles. The Balaban J connectivity index is 2.49. The third-order valence-electron chi connectivity index (χ3n) is 2.88. The van der Waals surface area contributed by atoms with E-state index in [9.17, 15) is 0 Å². The summed E-state index contributed by atoms with van der Waals surface area (Å²) in [7, 11) is 3.23. The van der Waals surface area contributed by atoms with Gasteiger partial charge in [0.25, 0.3) is 0 Å². The summed E-state index contributed by atoms with van der Waals surface area (Å²) >= 11 is 12.6. The van der Waals surface area contributed by atoms with E-state index in [4.69, 9.17) is 32.7 Å².